The molecular formula is C21H17N3O3. The molecular weight excluding hydrogens is 342 g/mol. The van der Waals surface area contributed by atoms with Gasteiger partial charge in [0, 0.05) is 35.5 Å². The molecule has 0 aliphatic carbocycles. The van der Waals surface area contributed by atoms with Crippen molar-refractivity contribution >= 4 is 5.71 Å². The number of benzene rings is 2. The van der Waals surface area contributed by atoms with Gasteiger partial charge in [-0.15, -0.1) is 0 Å². The number of aromatic hydroxyl groups is 2. The van der Waals surface area contributed by atoms with E-state index >= 15 is 0 Å². The van der Waals surface area contributed by atoms with Gasteiger partial charge in [0.15, 0.2) is 0 Å². The summed E-state index contributed by atoms with van der Waals surface area (Å²) in [5.41, 5.74) is 3.20. The van der Waals surface area contributed by atoms with Crippen molar-refractivity contribution in [1.29, 1.82) is 0 Å². The molecule has 6 heteroatoms. The largest absolute Gasteiger partial charge is 0.508 e. The third kappa shape index (κ3) is 2.57. The monoisotopic (exact) mass is 359 g/mol. The van der Waals surface area contributed by atoms with E-state index in [1.165, 1.54) is 12.1 Å². The Balaban J connectivity index is 1.62. The van der Waals surface area contributed by atoms with Crippen LogP contribution in [0.5, 0.6) is 17.2 Å². The summed E-state index contributed by atoms with van der Waals surface area (Å²) in [5.74, 6) is 1.01. The van der Waals surface area contributed by atoms with Gasteiger partial charge in [-0.3, -0.25) is 4.98 Å². The van der Waals surface area contributed by atoms with Gasteiger partial charge >= 0.3 is 0 Å². The predicted octanol–water partition coefficient (Wildman–Crippen LogP) is 3.74. The van der Waals surface area contributed by atoms with Gasteiger partial charge < -0.3 is 14.9 Å². The summed E-state index contributed by atoms with van der Waals surface area (Å²) in [6.07, 6.45) is 3.69. The normalized spacial score (nSPS) is 20.4. The second-order valence-corrected chi connectivity index (χ2v) is 6.64. The zero-order chi connectivity index (χ0) is 18.4. The minimum absolute atomic E-state index is 0.0168. The average molecular weight is 359 g/mol. The number of pyridine rings is 1. The van der Waals surface area contributed by atoms with Crippen LogP contribution in [-0.4, -0.2) is 25.9 Å². The smallest absolute Gasteiger partial charge is 0.215 e. The van der Waals surface area contributed by atoms with Crippen molar-refractivity contribution < 1.29 is 14.9 Å². The van der Waals surface area contributed by atoms with E-state index in [1.54, 1.807) is 18.5 Å². The van der Waals surface area contributed by atoms with E-state index in [1.807, 2.05) is 41.4 Å². The van der Waals surface area contributed by atoms with Crippen LogP contribution in [0.3, 0.4) is 0 Å². The standard InChI is InChI=1S/C21H17N3O3/c25-14-7-8-19(26)16(10-14)17-11-18-15-5-1-2-6-20(15)27-21(24(18)23-17)13-4-3-9-22-12-13/h1-10,12,18,21,25-26H,11H2/t18-,21+/m0/s1. The molecule has 0 fully saturated rings. The van der Waals surface area contributed by atoms with Gasteiger partial charge in [0.1, 0.15) is 17.2 Å². The van der Waals surface area contributed by atoms with Gasteiger partial charge in [0.2, 0.25) is 6.23 Å². The number of hydrazone groups is 1. The van der Waals surface area contributed by atoms with E-state index < -0.39 is 6.23 Å². The molecule has 0 bridgehead atoms. The fourth-order valence-electron chi connectivity index (χ4n) is 3.69. The molecule has 0 amide bonds. The summed E-state index contributed by atoms with van der Waals surface area (Å²) in [5, 5.41) is 26.8. The summed E-state index contributed by atoms with van der Waals surface area (Å²) in [4.78, 5) is 4.20. The molecule has 27 heavy (non-hydrogen) atoms. The quantitative estimate of drug-likeness (QED) is 0.682. The molecule has 2 aromatic carbocycles. The molecule has 3 heterocycles. The van der Waals surface area contributed by atoms with Crippen molar-refractivity contribution in [2.24, 2.45) is 5.10 Å². The number of hydrogen-bond acceptors (Lipinski definition) is 6. The van der Waals surface area contributed by atoms with Crippen molar-refractivity contribution in [1.82, 2.24) is 9.99 Å². The Hall–Kier alpha value is -3.54. The molecule has 3 aromatic rings. The predicted molar refractivity (Wildman–Crippen MR) is 99.6 cm³/mol. The molecule has 2 atom stereocenters. The number of fused-ring (bicyclic) bond motifs is 3. The van der Waals surface area contributed by atoms with Crippen LogP contribution in [-0.2, 0) is 0 Å². The highest BCUT2D eigenvalue weighted by atomic mass is 16.5. The van der Waals surface area contributed by atoms with E-state index in [4.69, 9.17) is 9.84 Å². The van der Waals surface area contributed by atoms with Crippen molar-refractivity contribution in [3.05, 3.63) is 83.7 Å². The number of para-hydroxylation sites is 1. The molecule has 1 aromatic heterocycles. The lowest BCUT2D eigenvalue weighted by Crippen LogP contribution is -2.33. The van der Waals surface area contributed by atoms with Crippen molar-refractivity contribution in [3.8, 4) is 17.2 Å². The van der Waals surface area contributed by atoms with Gasteiger partial charge in [-0.05, 0) is 30.3 Å². The molecule has 2 N–H and O–H groups in total. The average Bonchev–Trinajstić information content (AvgIpc) is 3.15. The van der Waals surface area contributed by atoms with Crippen molar-refractivity contribution in [2.75, 3.05) is 0 Å². The second-order valence-electron chi connectivity index (χ2n) is 6.64. The van der Waals surface area contributed by atoms with Crippen LogP contribution >= 0.6 is 0 Å². The molecule has 5 rings (SSSR count). The summed E-state index contributed by atoms with van der Waals surface area (Å²) < 4.78 is 6.24. The van der Waals surface area contributed by atoms with Crippen LogP contribution in [0.4, 0.5) is 0 Å². The maximum absolute atomic E-state index is 10.3. The van der Waals surface area contributed by atoms with Gasteiger partial charge in [0.05, 0.1) is 11.8 Å². The van der Waals surface area contributed by atoms with Crippen molar-refractivity contribution in [3.63, 3.8) is 0 Å². The Kier molecular flexibility index (Phi) is 3.50. The number of phenolic OH excluding ortho intramolecular Hbond substituents is 2. The van der Waals surface area contributed by atoms with Crippen LogP contribution in [0.2, 0.25) is 0 Å². The number of phenols is 2. The summed E-state index contributed by atoms with van der Waals surface area (Å²) in [6, 6.07) is 16.2. The highest BCUT2D eigenvalue weighted by molar-refractivity contribution is 6.04. The first-order valence-electron chi connectivity index (χ1n) is 8.74. The summed E-state index contributed by atoms with van der Waals surface area (Å²) in [6.45, 7) is 0. The Morgan fingerprint density at radius 1 is 1.04 bits per heavy atom. The van der Waals surface area contributed by atoms with Crippen LogP contribution in [0.15, 0.2) is 72.1 Å². The molecule has 134 valence electrons. The lowest BCUT2D eigenvalue weighted by atomic mass is 9.95. The van der Waals surface area contributed by atoms with Gasteiger partial charge in [-0.25, -0.2) is 5.01 Å². The number of nitrogens with zero attached hydrogens (tertiary/aromatic N) is 3. The Morgan fingerprint density at radius 3 is 2.78 bits per heavy atom. The topological polar surface area (TPSA) is 78.2 Å². The maximum atomic E-state index is 10.3. The Labute approximate surface area is 156 Å². The van der Waals surface area contributed by atoms with E-state index in [-0.39, 0.29) is 17.5 Å². The number of ether oxygens (including phenoxy) is 1. The lowest BCUT2D eigenvalue weighted by molar-refractivity contribution is -0.0192. The van der Waals surface area contributed by atoms with Crippen LogP contribution in [0.25, 0.3) is 0 Å². The molecule has 0 spiro atoms. The third-order valence-electron chi connectivity index (χ3n) is 4.96. The molecule has 2 aliphatic heterocycles. The van der Waals surface area contributed by atoms with E-state index in [2.05, 4.69) is 4.98 Å². The third-order valence-corrected chi connectivity index (χ3v) is 4.96. The minimum Gasteiger partial charge on any atom is -0.508 e. The molecule has 0 unspecified atom stereocenters. The van der Waals surface area contributed by atoms with E-state index in [9.17, 15) is 10.2 Å². The zero-order valence-corrected chi connectivity index (χ0v) is 14.4. The van der Waals surface area contributed by atoms with E-state index in [0.29, 0.717) is 17.7 Å². The van der Waals surface area contributed by atoms with Crippen LogP contribution in [0, 0.1) is 0 Å². The van der Waals surface area contributed by atoms with Gasteiger partial charge in [-0.1, -0.05) is 24.3 Å². The van der Waals surface area contributed by atoms with Crippen LogP contribution in [0.1, 0.15) is 35.4 Å². The molecule has 0 saturated heterocycles. The molecule has 6 nitrogen and oxygen atoms in total. The number of hydrogen-bond donors (Lipinski definition) is 2. The maximum Gasteiger partial charge on any atom is 0.215 e. The first-order chi connectivity index (χ1) is 13.2. The summed E-state index contributed by atoms with van der Waals surface area (Å²) in [7, 11) is 0. The fraction of sp³-hybridized carbons (Fsp3) is 0.143. The number of rotatable bonds is 2. The summed E-state index contributed by atoms with van der Waals surface area (Å²) >= 11 is 0. The molecule has 2 aliphatic rings. The van der Waals surface area contributed by atoms with Gasteiger partial charge in [-0.2, -0.15) is 5.10 Å². The van der Waals surface area contributed by atoms with Crippen molar-refractivity contribution in [2.45, 2.75) is 18.7 Å². The fourth-order valence-corrected chi connectivity index (χ4v) is 3.69. The number of aromatic nitrogens is 1. The molecule has 0 radical (unpaired) electrons. The first-order valence-corrected chi connectivity index (χ1v) is 8.74. The first kappa shape index (κ1) is 15.7. The Morgan fingerprint density at radius 2 is 1.93 bits per heavy atom. The second kappa shape index (κ2) is 6.02. The highest BCUT2D eigenvalue weighted by Gasteiger charge is 2.41. The SMILES string of the molecule is Oc1ccc(O)c(C2=NN3[C@@H](c4cccnc4)Oc4ccccc4[C@@H]3C2)c1. The Bertz CT molecular complexity index is 1040. The molecule has 0 saturated carbocycles. The zero-order valence-electron chi connectivity index (χ0n) is 14.4. The lowest BCUT2D eigenvalue weighted by Gasteiger charge is -2.38. The van der Waals surface area contributed by atoms with Gasteiger partial charge in [0.25, 0.3) is 0 Å². The minimum atomic E-state index is -0.407. The van der Waals surface area contributed by atoms with E-state index in [0.717, 1.165) is 16.9 Å². The highest BCUT2D eigenvalue weighted by Crippen LogP contribution is 2.47. The van der Waals surface area contributed by atoms with Crippen LogP contribution < -0.4 is 4.74 Å².